The summed E-state index contributed by atoms with van der Waals surface area (Å²) in [7, 11) is 1.56. The number of nitrogens with zero attached hydrogens (tertiary/aromatic N) is 1. The second kappa shape index (κ2) is 6.04. The van der Waals surface area contributed by atoms with Crippen molar-refractivity contribution in [3.8, 4) is 5.75 Å². The third kappa shape index (κ3) is 3.45. The molecule has 98 valence electrons. The van der Waals surface area contributed by atoms with E-state index >= 15 is 0 Å². The molecule has 2 aromatic rings. The van der Waals surface area contributed by atoms with Crippen molar-refractivity contribution in [2.24, 2.45) is 0 Å². The highest BCUT2D eigenvalue weighted by Crippen LogP contribution is 2.28. The minimum absolute atomic E-state index is 0.256. The molecule has 6 heteroatoms. The summed E-state index contributed by atoms with van der Waals surface area (Å²) in [6.07, 6.45) is 1.49. The molecule has 1 aromatic heterocycles. The molecule has 0 unspecified atom stereocenters. The van der Waals surface area contributed by atoms with Crippen LogP contribution in [0.5, 0.6) is 5.75 Å². The number of halogens is 2. The van der Waals surface area contributed by atoms with Crippen molar-refractivity contribution in [2.45, 2.75) is 0 Å². The van der Waals surface area contributed by atoms with Gasteiger partial charge in [0, 0.05) is 23.5 Å². The Morgan fingerprint density at radius 3 is 2.84 bits per heavy atom. The molecule has 1 N–H and O–H groups in total. The van der Waals surface area contributed by atoms with Gasteiger partial charge in [0.15, 0.2) is 0 Å². The minimum atomic E-state index is -0.256. The standard InChI is InChI=1S/C13H10BrClN2O2/c1-19-11-7-9(2-3-10(11)14)17-13(18)8-4-5-16-12(15)6-8/h2-7H,1H3,(H,17,18). The summed E-state index contributed by atoms with van der Waals surface area (Å²) in [5.41, 5.74) is 1.08. The van der Waals surface area contributed by atoms with Crippen LogP contribution in [0.1, 0.15) is 10.4 Å². The average molecular weight is 342 g/mol. The van der Waals surface area contributed by atoms with Gasteiger partial charge < -0.3 is 10.1 Å². The average Bonchev–Trinajstić information content (AvgIpc) is 2.41. The van der Waals surface area contributed by atoms with Crippen LogP contribution in [0, 0.1) is 0 Å². The molecule has 0 atom stereocenters. The highest BCUT2D eigenvalue weighted by atomic mass is 79.9. The monoisotopic (exact) mass is 340 g/mol. The second-order valence-corrected chi connectivity index (χ2v) is 4.91. The van der Waals surface area contributed by atoms with Crippen LogP contribution in [0.3, 0.4) is 0 Å². The lowest BCUT2D eigenvalue weighted by Gasteiger charge is -2.08. The van der Waals surface area contributed by atoms with Gasteiger partial charge in [-0.05, 0) is 40.2 Å². The molecular weight excluding hydrogens is 332 g/mol. The van der Waals surface area contributed by atoms with Gasteiger partial charge in [-0.3, -0.25) is 4.79 Å². The molecule has 2 rings (SSSR count). The fraction of sp³-hybridized carbons (Fsp3) is 0.0769. The quantitative estimate of drug-likeness (QED) is 0.865. The van der Waals surface area contributed by atoms with Gasteiger partial charge in [0.1, 0.15) is 10.9 Å². The Morgan fingerprint density at radius 2 is 2.16 bits per heavy atom. The number of ether oxygens (including phenoxy) is 1. The van der Waals surface area contributed by atoms with Gasteiger partial charge in [0.25, 0.3) is 5.91 Å². The number of anilines is 1. The molecule has 0 fully saturated rings. The summed E-state index contributed by atoms with van der Waals surface area (Å²) in [5.74, 6) is 0.388. The smallest absolute Gasteiger partial charge is 0.255 e. The summed E-state index contributed by atoms with van der Waals surface area (Å²) in [4.78, 5) is 15.8. The zero-order chi connectivity index (χ0) is 13.8. The summed E-state index contributed by atoms with van der Waals surface area (Å²) in [6.45, 7) is 0. The third-order valence-corrected chi connectivity index (χ3v) is 3.26. The number of carbonyl (C=O) groups excluding carboxylic acids is 1. The van der Waals surface area contributed by atoms with Gasteiger partial charge in [-0.2, -0.15) is 0 Å². The molecular formula is C13H10BrClN2O2. The number of aromatic nitrogens is 1. The molecule has 0 saturated heterocycles. The molecule has 0 spiro atoms. The third-order valence-electron chi connectivity index (χ3n) is 2.40. The van der Waals surface area contributed by atoms with Crippen molar-refractivity contribution in [3.63, 3.8) is 0 Å². The molecule has 4 nitrogen and oxygen atoms in total. The molecule has 0 radical (unpaired) electrons. The Bertz CT molecular complexity index is 619. The number of nitrogens with one attached hydrogen (secondary N) is 1. The van der Waals surface area contributed by atoms with Crippen molar-refractivity contribution in [1.82, 2.24) is 4.98 Å². The maximum atomic E-state index is 12.0. The van der Waals surface area contributed by atoms with E-state index in [4.69, 9.17) is 16.3 Å². The van der Waals surface area contributed by atoms with Crippen molar-refractivity contribution >= 4 is 39.1 Å². The number of amides is 1. The number of hydrogen-bond acceptors (Lipinski definition) is 3. The number of rotatable bonds is 3. The van der Waals surface area contributed by atoms with E-state index in [0.717, 1.165) is 4.47 Å². The lowest BCUT2D eigenvalue weighted by Crippen LogP contribution is -2.12. The van der Waals surface area contributed by atoms with E-state index in [-0.39, 0.29) is 11.1 Å². The minimum Gasteiger partial charge on any atom is -0.495 e. The van der Waals surface area contributed by atoms with Crippen molar-refractivity contribution < 1.29 is 9.53 Å². The van der Waals surface area contributed by atoms with Crippen molar-refractivity contribution in [1.29, 1.82) is 0 Å². The summed E-state index contributed by atoms with van der Waals surface area (Å²) in [5, 5.41) is 3.04. The van der Waals surface area contributed by atoms with E-state index in [2.05, 4.69) is 26.2 Å². The number of hydrogen-bond donors (Lipinski definition) is 1. The highest BCUT2D eigenvalue weighted by Gasteiger charge is 2.08. The van der Waals surface area contributed by atoms with Gasteiger partial charge in [0.05, 0.1) is 11.6 Å². The lowest BCUT2D eigenvalue weighted by atomic mass is 10.2. The van der Waals surface area contributed by atoms with Crippen LogP contribution < -0.4 is 10.1 Å². The Kier molecular flexibility index (Phi) is 4.39. The van der Waals surface area contributed by atoms with E-state index in [0.29, 0.717) is 17.0 Å². The predicted molar refractivity (Wildman–Crippen MR) is 77.9 cm³/mol. The van der Waals surface area contributed by atoms with Gasteiger partial charge in [-0.15, -0.1) is 0 Å². The summed E-state index contributed by atoms with van der Waals surface area (Å²) in [6, 6.07) is 8.40. The van der Waals surface area contributed by atoms with Crippen LogP contribution >= 0.6 is 27.5 Å². The summed E-state index contributed by atoms with van der Waals surface area (Å²) < 4.78 is 5.98. The van der Waals surface area contributed by atoms with Gasteiger partial charge in [0.2, 0.25) is 0 Å². The molecule has 0 aliphatic carbocycles. The number of methoxy groups -OCH3 is 1. The normalized spacial score (nSPS) is 10.1. The fourth-order valence-electron chi connectivity index (χ4n) is 1.48. The van der Waals surface area contributed by atoms with Crippen LogP contribution in [0.4, 0.5) is 5.69 Å². The lowest BCUT2D eigenvalue weighted by molar-refractivity contribution is 0.102. The highest BCUT2D eigenvalue weighted by molar-refractivity contribution is 9.10. The van der Waals surface area contributed by atoms with Gasteiger partial charge in [-0.25, -0.2) is 4.98 Å². The van der Waals surface area contributed by atoms with E-state index in [1.807, 2.05) is 0 Å². The number of benzene rings is 1. The predicted octanol–water partition coefficient (Wildman–Crippen LogP) is 3.76. The topological polar surface area (TPSA) is 51.2 Å². The first-order valence-electron chi connectivity index (χ1n) is 5.36. The number of pyridine rings is 1. The molecule has 1 heterocycles. The second-order valence-electron chi connectivity index (χ2n) is 3.67. The van der Waals surface area contributed by atoms with E-state index < -0.39 is 0 Å². The first-order chi connectivity index (χ1) is 9.10. The fourth-order valence-corrected chi connectivity index (χ4v) is 2.07. The molecule has 0 saturated carbocycles. The molecule has 19 heavy (non-hydrogen) atoms. The Labute approximate surface area is 123 Å². The Morgan fingerprint density at radius 1 is 1.37 bits per heavy atom. The Balaban J connectivity index is 2.19. The van der Waals surface area contributed by atoms with Crippen molar-refractivity contribution in [2.75, 3.05) is 12.4 Å². The van der Waals surface area contributed by atoms with Crippen LogP contribution in [-0.4, -0.2) is 18.0 Å². The molecule has 0 aliphatic rings. The van der Waals surface area contributed by atoms with Gasteiger partial charge in [-0.1, -0.05) is 11.6 Å². The molecule has 0 aliphatic heterocycles. The SMILES string of the molecule is COc1cc(NC(=O)c2ccnc(Cl)c2)ccc1Br. The number of carbonyl (C=O) groups is 1. The van der Waals surface area contributed by atoms with Crippen LogP contribution in [0.2, 0.25) is 5.15 Å². The largest absolute Gasteiger partial charge is 0.495 e. The zero-order valence-corrected chi connectivity index (χ0v) is 12.3. The van der Waals surface area contributed by atoms with E-state index in [1.54, 1.807) is 31.4 Å². The Hall–Kier alpha value is -1.59. The van der Waals surface area contributed by atoms with E-state index in [1.165, 1.54) is 12.3 Å². The van der Waals surface area contributed by atoms with Crippen LogP contribution in [0.25, 0.3) is 0 Å². The maximum absolute atomic E-state index is 12.0. The summed E-state index contributed by atoms with van der Waals surface area (Å²) >= 11 is 9.09. The zero-order valence-electron chi connectivity index (χ0n) is 9.98. The molecule has 1 aromatic carbocycles. The first-order valence-corrected chi connectivity index (χ1v) is 6.53. The van der Waals surface area contributed by atoms with E-state index in [9.17, 15) is 4.79 Å². The van der Waals surface area contributed by atoms with Crippen LogP contribution in [0.15, 0.2) is 41.0 Å². The van der Waals surface area contributed by atoms with Crippen molar-refractivity contribution in [3.05, 3.63) is 51.7 Å². The van der Waals surface area contributed by atoms with Crippen LogP contribution in [-0.2, 0) is 0 Å². The molecule has 0 bridgehead atoms. The molecule has 1 amide bonds. The first kappa shape index (κ1) is 13.8. The van der Waals surface area contributed by atoms with Gasteiger partial charge >= 0.3 is 0 Å². The maximum Gasteiger partial charge on any atom is 0.255 e.